The van der Waals surface area contributed by atoms with Crippen LogP contribution in [0.15, 0.2) is 51.8 Å². The van der Waals surface area contributed by atoms with E-state index in [1.54, 1.807) is 24.3 Å². The Bertz CT molecular complexity index is 719. The van der Waals surface area contributed by atoms with Gasteiger partial charge in [-0.3, -0.25) is 4.72 Å². The minimum Gasteiger partial charge on any atom is -0.397 e. The molecule has 0 saturated carbocycles. The second-order valence-corrected chi connectivity index (χ2v) is 6.27. The fourth-order valence-corrected chi connectivity index (χ4v) is 3.62. The molecule has 0 aliphatic carbocycles. The summed E-state index contributed by atoms with van der Waals surface area (Å²) >= 11 is 3.02. The molecule has 19 heavy (non-hydrogen) atoms. The maximum atomic E-state index is 13.0. The Morgan fingerprint density at radius 3 is 2.47 bits per heavy atom. The van der Waals surface area contributed by atoms with Crippen LogP contribution >= 0.6 is 15.9 Å². The zero-order valence-corrected chi connectivity index (χ0v) is 12.0. The van der Waals surface area contributed by atoms with Crippen molar-refractivity contribution < 1.29 is 12.8 Å². The van der Waals surface area contributed by atoms with E-state index in [2.05, 4.69) is 20.7 Å². The Labute approximate surface area is 118 Å². The molecule has 0 aliphatic heterocycles. The molecule has 0 unspecified atom stereocenters. The monoisotopic (exact) mass is 344 g/mol. The van der Waals surface area contributed by atoms with Crippen LogP contribution in [0.2, 0.25) is 0 Å². The molecule has 0 fully saturated rings. The van der Waals surface area contributed by atoms with Crippen LogP contribution in [0, 0.1) is 5.82 Å². The molecule has 2 aromatic rings. The Hall–Kier alpha value is -1.60. The maximum Gasteiger partial charge on any atom is 0.263 e. The van der Waals surface area contributed by atoms with E-state index in [1.165, 1.54) is 6.07 Å². The van der Waals surface area contributed by atoms with Gasteiger partial charge < -0.3 is 5.73 Å². The molecule has 0 atom stereocenters. The second-order valence-electron chi connectivity index (χ2n) is 3.77. The van der Waals surface area contributed by atoms with Gasteiger partial charge in [0.1, 0.15) is 10.7 Å². The standard InChI is InChI=1S/C12H10BrFN2O2S/c13-9-7-8(14)5-6-12(9)19(17,18)16-11-4-2-1-3-10(11)15/h1-7,16H,15H2. The number of halogens is 2. The number of nitrogens with two attached hydrogens (primary N) is 1. The van der Waals surface area contributed by atoms with Crippen molar-refractivity contribution in [3.05, 3.63) is 52.8 Å². The number of anilines is 2. The van der Waals surface area contributed by atoms with Crippen molar-refractivity contribution in [1.29, 1.82) is 0 Å². The summed E-state index contributed by atoms with van der Waals surface area (Å²) in [6, 6.07) is 9.83. The summed E-state index contributed by atoms with van der Waals surface area (Å²) in [6.45, 7) is 0. The second kappa shape index (κ2) is 5.18. The molecule has 0 aromatic heterocycles. The summed E-state index contributed by atoms with van der Waals surface area (Å²) in [7, 11) is -3.83. The summed E-state index contributed by atoms with van der Waals surface area (Å²) in [5.41, 5.74) is 6.26. The van der Waals surface area contributed by atoms with Crippen molar-refractivity contribution in [2.24, 2.45) is 0 Å². The first-order valence-electron chi connectivity index (χ1n) is 5.22. The van der Waals surface area contributed by atoms with Crippen molar-refractivity contribution in [2.45, 2.75) is 4.90 Å². The highest BCUT2D eigenvalue weighted by atomic mass is 79.9. The van der Waals surface area contributed by atoms with Crippen molar-refractivity contribution in [2.75, 3.05) is 10.5 Å². The van der Waals surface area contributed by atoms with E-state index >= 15 is 0 Å². The van der Waals surface area contributed by atoms with Gasteiger partial charge in [-0.15, -0.1) is 0 Å². The summed E-state index contributed by atoms with van der Waals surface area (Å²) in [4.78, 5) is -0.0582. The molecule has 0 amide bonds. The van der Waals surface area contributed by atoms with Gasteiger partial charge in [-0.25, -0.2) is 12.8 Å². The molecular formula is C12H10BrFN2O2S. The molecule has 3 N–H and O–H groups in total. The van der Waals surface area contributed by atoms with Gasteiger partial charge in [0.2, 0.25) is 0 Å². The Morgan fingerprint density at radius 1 is 1.16 bits per heavy atom. The predicted molar refractivity (Wildman–Crippen MR) is 75.8 cm³/mol. The fraction of sp³-hybridized carbons (Fsp3) is 0. The smallest absolute Gasteiger partial charge is 0.263 e. The van der Waals surface area contributed by atoms with Gasteiger partial charge in [-0.2, -0.15) is 0 Å². The van der Waals surface area contributed by atoms with Gasteiger partial charge in [0.05, 0.1) is 11.4 Å². The van der Waals surface area contributed by atoms with Gasteiger partial charge in [0.25, 0.3) is 10.0 Å². The molecule has 100 valence electrons. The van der Waals surface area contributed by atoms with Crippen LogP contribution in [-0.2, 0) is 10.0 Å². The summed E-state index contributed by atoms with van der Waals surface area (Å²) in [5, 5.41) is 0. The lowest BCUT2D eigenvalue weighted by Crippen LogP contribution is -2.14. The summed E-state index contributed by atoms with van der Waals surface area (Å²) in [5.74, 6) is -0.523. The van der Waals surface area contributed by atoms with Gasteiger partial charge in [-0.1, -0.05) is 12.1 Å². The molecule has 4 nitrogen and oxygen atoms in total. The molecule has 0 radical (unpaired) electrons. The van der Waals surface area contributed by atoms with Crippen LogP contribution < -0.4 is 10.5 Å². The molecule has 0 spiro atoms. The van der Waals surface area contributed by atoms with E-state index in [9.17, 15) is 12.8 Å². The molecular weight excluding hydrogens is 335 g/mol. The molecule has 7 heteroatoms. The highest BCUT2D eigenvalue weighted by Crippen LogP contribution is 2.26. The van der Waals surface area contributed by atoms with E-state index in [0.717, 1.165) is 12.1 Å². The largest absolute Gasteiger partial charge is 0.397 e. The van der Waals surface area contributed by atoms with Crippen LogP contribution in [0.4, 0.5) is 15.8 Å². The predicted octanol–water partition coefficient (Wildman–Crippen LogP) is 2.97. The first-order chi connectivity index (χ1) is 8.90. The van der Waals surface area contributed by atoms with Gasteiger partial charge in [0.15, 0.2) is 0 Å². The zero-order valence-electron chi connectivity index (χ0n) is 9.60. The molecule has 0 aliphatic rings. The fourth-order valence-electron chi connectivity index (χ4n) is 1.48. The number of nitrogens with one attached hydrogen (secondary N) is 1. The molecule has 0 heterocycles. The third-order valence-electron chi connectivity index (χ3n) is 2.39. The van der Waals surface area contributed by atoms with Gasteiger partial charge >= 0.3 is 0 Å². The number of nitrogen functional groups attached to an aromatic ring is 1. The Balaban J connectivity index is 2.41. The van der Waals surface area contributed by atoms with E-state index in [1.807, 2.05) is 0 Å². The third-order valence-corrected chi connectivity index (χ3v) is 4.73. The quantitative estimate of drug-likeness (QED) is 0.840. The number of hydrogen-bond acceptors (Lipinski definition) is 3. The van der Waals surface area contributed by atoms with E-state index in [0.29, 0.717) is 5.69 Å². The van der Waals surface area contributed by atoms with Crippen molar-refractivity contribution in [3.8, 4) is 0 Å². The average Bonchev–Trinajstić information content (AvgIpc) is 2.31. The average molecular weight is 345 g/mol. The lowest BCUT2D eigenvalue weighted by molar-refractivity contribution is 0.599. The zero-order chi connectivity index (χ0) is 14.0. The molecule has 2 rings (SSSR count). The molecule has 0 bridgehead atoms. The number of para-hydroxylation sites is 2. The number of benzene rings is 2. The first kappa shape index (κ1) is 13.8. The van der Waals surface area contributed by atoms with E-state index < -0.39 is 15.8 Å². The normalized spacial score (nSPS) is 11.3. The van der Waals surface area contributed by atoms with Crippen LogP contribution in [-0.4, -0.2) is 8.42 Å². The van der Waals surface area contributed by atoms with Crippen LogP contribution in [0.25, 0.3) is 0 Å². The molecule has 0 saturated heterocycles. The van der Waals surface area contributed by atoms with Crippen molar-refractivity contribution in [1.82, 2.24) is 0 Å². The van der Waals surface area contributed by atoms with Crippen molar-refractivity contribution >= 4 is 37.3 Å². The van der Waals surface area contributed by atoms with Crippen LogP contribution in [0.5, 0.6) is 0 Å². The van der Waals surface area contributed by atoms with Gasteiger partial charge in [-0.05, 0) is 46.3 Å². The minimum atomic E-state index is -3.83. The van der Waals surface area contributed by atoms with E-state index in [-0.39, 0.29) is 15.1 Å². The van der Waals surface area contributed by atoms with E-state index in [4.69, 9.17) is 5.73 Å². The van der Waals surface area contributed by atoms with Crippen molar-refractivity contribution in [3.63, 3.8) is 0 Å². The summed E-state index contributed by atoms with van der Waals surface area (Å²) in [6.07, 6.45) is 0. The minimum absolute atomic E-state index is 0.0582. The Morgan fingerprint density at radius 2 is 1.84 bits per heavy atom. The lowest BCUT2D eigenvalue weighted by atomic mass is 10.3. The number of rotatable bonds is 3. The van der Waals surface area contributed by atoms with Crippen LogP contribution in [0.1, 0.15) is 0 Å². The third kappa shape index (κ3) is 3.05. The summed E-state index contributed by atoms with van der Waals surface area (Å²) < 4.78 is 39.8. The first-order valence-corrected chi connectivity index (χ1v) is 7.50. The highest BCUT2D eigenvalue weighted by molar-refractivity contribution is 9.10. The highest BCUT2D eigenvalue weighted by Gasteiger charge is 2.18. The van der Waals surface area contributed by atoms with Crippen LogP contribution in [0.3, 0.4) is 0 Å². The Kier molecular flexibility index (Phi) is 3.77. The lowest BCUT2D eigenvalue weighted by Gasteiger charge is -2.11. The number of sulfonamides is 1. The topological polar surface area (TPSA) is 72.2 Å². The molecule has 2 aromatic carbocycles. The maximum absolute atomic E-state index is 13.0. The van der Waals surface area contributed by atoms with Gasteiger partial charge in [0, 0.05) is 4.47 Å². The SMILES string of the molecule is Nc1ccccc1NS(=O)(=O)c1ccc(F)cc1Br. The number of hydrogen-bond donors (Lipinski definition) is 2.